The van der Waals surface area contributed by atoms with Gasteiger partial charge in [0, 0.05) is 13.1 Å². The highest BCUT2D eigenvalue weighted by Gasteiger charge is 2.19. The molecule has 4 heteroatoms. The third-order valence-corrected chi connectivity index (χ3v) is 3.04. The largest absolute Gasteiger partial charge is 0.354 e. The fourth-order valence-corrected chi connectivity index (χ4v) is 2.10. The minimum atomic E-state index is -0.446. The summed E-state index contributed by atoms with van der Waals surface area (Å²) in [6.07, 6.45) is 4.63. The summed E-state index contributed by atoms with van der Waals surface area (Å²) < 4.78 is 0. The molecule has 0 radical (unpaired) electrons. The van der Waals surface area contributed by atoms with Crippen LogP contribution in [0.2, 0.25) is 0 Å². The molecule has 2 atom stereocenters. The molecule has 2 unspecified atom stereocenters. The zero-order valence-corrected chi connectivity index (χ0v) is 10.1. The minimum Gasteiger partial charge on any atom is -0.354 e. The van der Waals surface area contributed by atoms with Crippen LogP contribution in [0.3, 0.4) is 0 Å². The van der Waals surface area contributed by atoms with Crippen molar-refractivity contribution in [3.8, 4) is 0 Å². The molecular formula is C12H23N3O. The van der Waals surface area contributed by atoms with Crippen molar-refractivity contribution in [2.75, 3.05) is 26.7 Å². The highest BCUT2D eigenvalue weighted by molar-refractivity contribution is 5.81. The van der Waals surface area contributed by atoms with Gasteiger partial charge in [0.05, 0.1) is 6.04 Å². The molecule has 1 rings (SSSR count). The van der Waals surface area contributed by atoms with E-state index in [1.54, 1.807) is 6.08 Å². The molecule has 1 aliphatic rings. The fraction of sp³-hybridized carbons (Fsp3) is 0.750. The van der Waals surface area contributed by atoms with E-state index >= 15 is 0 Å². The van der Waals surface area contributed by atoms with Gasteiger partial charge in [-0.2, -0.15) is 0 Å². The molecule has 1 amide bonds. The molecule has 0 saturated carbocycles. The average Bonchev–Trinajstić information content (AvgIpc) is 2.26. The van der Waals surface area contributed by atoms with Crippen LogP contribution in [0.25, 0.3) is 0 Å². The molecule has 3 N–H and O–H groups in total. The molecule has 0 bridgehead atoms. The van der Waals surface area contributed by atoms with E-state index in [-0.39, 0.29) is 5.91 Å². The number of hydrogen-bond acceptors (Lipinski definition) is 3. The average molecular weight is 225 g/mol. The Morgan fingerprint density at radius 2 is 2.50 bits per heavy atom. The Kier molecular flexibility index (Phi) is 5.49. The number of nitrogens with one attached hydrogen (secondary N) is 1. The summed E-state index contributed by atoms with van der Waals surface area (Å²) in [5, 5.41) is 2.92. The van der Waals surface area contributed by atoms with Crippen molar-refractivity contribution in [2.45, 2.75) is 25.3 Å². The van der Waals surface area contributed by atoms with Gasteiger partial charge in [0.15, 0.2) is 0 Å². The molecule has 0 aromatic carbocycles. The van der Waals surface area contributed by atoms with E-state index in [9.17, 15) is 4.79 Å². The van der Waals surface area contributed by atoms with E-state index in [2.05, 4.69) is 23.8 Å². The third kappa shape index (κ3) is 4.33. The van der Waals surface area contributed by atoms with Crippen LogP contribution < -0.4 is 11.1 Å². The highest BCUT2D eigenvalue weighted by Crippen LogP contribution is 2.13. The van der Waals surface area contributed by atoms with E-state index in [0.717, 1.165) is 13.1 Å². The van der Waals surface area contributed by atoms with Gasteiger partial charge in [0.1, 0.15) is 0 Å². The molecular weight excluding hydrogens is 202 g/mol. The van der Waals surface area contributed by atoms with Crippen molar-refractivity contribution in [1.29, 1.82) is 0 Å². The van der Waals surface area contributed by atoms with Crippen molar-refractivity contribution < 1.29 is 4.79 Å². The lowest BCUT2D eigenvalue weighted by atomic mass is 9.98. The van der Waals surface area contributed by atoms with E-state index < -0.39 is 6.04 Å². The first-order chi connectivity index (χ1) is 7.63. The zero-order chi connectivity index (χ0) is 12.0. The monoisotopic (exact) mass is 225 g/mol. The minimum absolute atomic E-state index is 0.0619. The van der Waals surface area contributed by atoms with Crippen LogP contribution >= 0.6 is 0 Å². The van der Waals surface area contributed by atoms with Crippen LogP contribution in [0.5, 0.6) is 0 Å². The van der Waals surface area contributed by atoms with Crippen LogP contribution in [0.15, 0.2) is 12.7 Å². The van der Waals surface area contributed by atoms with Gasteiger partial charge in [-0.1, -0.05) is 6.08 Å². The zero-order valence-electron chi connectivity index (χ0n) is 10.1. The Bertz CT molecular complexity index is 242. The summed E-state index contributed by atoms with van der Waals surface area (Å²) in [6.45, 7) is 6.55. The van der Waals surface area contributed by atoms with Gasteiger partial charge < -0.3 is 16.0 Å². The number of hydrogen-bond donors (Lipinski definition) is 2. The Morgan fingerprint density at radius 3 is 3.12 bits per heavy atom. The lowest BCUT2D eigenvalue weighted by molar-refractivity contribution is -0.122. The standard InChI is InChI=1S/C12H23N3O/c1-3-5-11(13)12(16)14-8-10-6-4-7-15(2)9-10/h3,10-11H,1,4-9,13H2,2H3,(H,14,16). The van der Waals surface area contributed by atoms with Gasteiger partial charge in [0.25, 0.3) is 0 Å². The van der Waals surface area contributed by atoms with Crippen LogP contribution in [0.1, 0.15) is 19.3 Å². The van der Waals surface area contributed by atoms with Crippen molar-refractivity contribution in [2.24, 2.45) is 11.7 Å². The first-order valence-corrected chi connectivity index (χ1v) is 5.96. The quantitative estimate of drug-likeness (QED) is 0.664. The van der Waals surface area contributed by atoms with Crippen LogP contribution in [-0.2, 0) is 4.79 Å². The number of carbonyl (C=O) groups is 1. The van der Waals surface area contributed by atoms with Crippen LogP contribution in [0, 0.1) is 5.92 Å². The van der Waals surface area contributed by atoms with Crippen molar-refractivity contribution in [1.82, 2.24) is 10.2 Å². The highest BCUT2D eigenvalue weighted by atomic mass is 16.2. The summed E-state index contributed by atoms with van der Waals surface area (Å²) in [4.78, 5) is 13.9. The number of piperidine rings is 1. The second-order valence-corrected chi connectivity index (χ2v) is 4.65. The molecule has 1 saturated heterocycles. The fourth-order valence-electron chi connectivity index (χ4n) is 2.10. The number of amides is 1. The molecule has 1 heterocycles. The van der Waals surface area contributed by atoms with Crippen molar-refractivity contribution in [3.63, 3.8) is 0 Å². The molecule has 0 aromatic rings. The number of carbonyl (C=O) groups excluding carboxylic acids is 1. The third-order valence-electron chi connectivity index (χ3n) is 3.04. The van der Waals surface area contributed by atoms with Gasteiger partial charge in [-0.05, 0) is 38.8 Å². The molecule has 4 nitrogen and oxygen atoms in total. The second kappa shape index (κ2) is 6.66. The van der Waals surface area contributed by atoms with Crippen LogP contribution in [0.4, 0.5) is 0 Å². The first kappa shape index (κ1) is 13.2. The Hall–Kier alpha value is -0.870. The van der Waals surface area contributed by atoms with Gasteiger partial charge in [-0.25, -0.2) is 0 Å². The molecule has 0 aromatic heterocycles. The molecule has 0 spiro atoms. The number of likely N-dealkylation sites (tertiary alicyclic amines) is 1. The molecule has 1 fully saturated rings. The number of rotatable bonds is 5. The van der Waals surface area contributed by atoms with Gasteiger partial charge >= 0.3 is 0 Å². The topological polar surface area (TPSA) is 58.4 Å². The van der Waals surface area contributed by atoms with Gasteiger partial charge in [-0.15, -0.1) is 6.58 Å². The van der Waals surface area contributed by atoms with E-state index in [4.69, 9.17) is 5.73 Å². The SMILES string of the molecule is C=CCC(N)C(=O)NCC1CCCN(C)C1. The predicted octanol–water partition coefficient (Wildman–Crippen LogP) is 0.348. The predicted molar refractivity (Wildman–Crippen MR) is 66.0 cm³/mol. The normalized spacial score (nSPS) is 23.8. The summed E-state index contributed by atoms with van der Waals surface area (Å²) in [5.74, 6) is 0.506. The first-order valence-electron chi connectivity index (χ1n) is 5.96. The maximum absolute atomic E-state index is 11.6. The summed E-state index contributed by atoms with van der Waals surface area (Å²) >= 11 is 0. The van der Waals surface area contributed by atoms with Gasteiger partial charge in [0.2, 0.25) is 5.91 Å². The Morgan fingerprint density at radius 1 is 1.75 bits per heavy atom. The maximum atomic E-state index is 11.6. The second-order valence-electron chi connectivity index (χ2n) is 4.65. The molecule has 0 aliphatic carbocycles. The molecule has 1 aliphatic heterocycles. The maximum Gasteiger partial charge on any atom is 0.237 e. The smallest absolute Gasteiger partial charge is 0.237 e. The van der Waals surface area contributed by atoms with Gasteiger partial charge in [-0.3, -0.25) is 4.79 Å². The van der Waals surface area contributed by atoms with Crippen molar-refractivity contribution >= 4 is 5.91 Å². The van der Waals surface area contributed by atoms with E-state index in [0.29, 0.717) is 12.3 Å². The van der Waals surface area contributed by atoms with Crippen LogP contribution in [-0.4, -0.2) is 43.5 Å². The summed E-state index contributed by atoms with van der Waals surface area (Å²) in [6, 6.07) is -0.446. The van der Waals surface area contributed by atoms with E-state index in [1.807, 2.05) is 0 Å². The van der Waals surface area contributed by atoms with Crippen molar-refractivity contribution in [3.05, 3.63) is 12.7 Å². The summed E-state index contributed by atoms with van der Waals surface area (Å²) in [5.41, 5.74) is 5.68. The lowest BCUT2D eigenvalue weighted by Crippen LogP contribution is -2.44. The Labute approximate surface area is 97.9 Å². The van der Waals surface area contributed by atoms with E-state index in [1.165, 1.54) is 19.4 Å². The lowest BCUT2D eigenvalue weighted by Gasteiger charge is -2.29. The molecule has 92 valence electrons. The Balaban J connectivity index is 2.22. The molecule has 16 heavy (non-hydrogen) atoms. The number of nitrogens with zero attached hydrogens (tertiary/aromatic N) is 1. The summed E-state index contributed by atoms with van der Waals surface area (Å²) in [7, 11) is 2.12. The number of nitrogens with two attached hydrogens (primary N) is 1.